The summed E-state index contributed by atoms with van der Waals surface area (Å²) in [7, 11) is 6.65. The number of ether oxygens (including phenoxy) is 3. The lowest BCUT2D eigenvalue weighted by atomic mass is 10.1. The molecule has 0 bridgehead atoms. The molecule has 0 atom stereocenters. The zero-order valence-corrected chi connectivity index (χ0v) is 16.6. The van der Waals surface area contributed by atoms with Crippen LogP contribution in [0.15, 0.2) is 59.6 Å². The maximum atomic E-state index is 5.34. The van der Waals surface area contributed by atoms with E-state index in [4.69, 9.17) is 14.2 Å². The number of nitrogens with zero attached hydrogens (tertiary/aromatic N) is 1. The van der Waals surface area contributed by atoms with Crippen LogP contribution < -0.4 is 24.8 Å². The number of anilines is 1. The predicted molar refractivity (Wildman–Crippen MR) is 114 cm³/mol. The quantitative estimate of drug-likeness (QED) is 0.500. The minimum Gasteiger partial charge on any atom is -0.497 e. The summed E-state index contributed by atoms with van der Waals surface area (Å²) in [6, 6.07) is 18.1. The van der Waals surface area contributed by atoms with Crippen molar-refractivity contribution in [2.45, 2.75) is 6.54 Å². The molecule has 146 valence electrons. The Kier molecular flexibility index (Phi) is 6.22. The molecule has 0 spiro atoms. The van der Waals surface area contributed by atoms with Gasteiger partial charge in [0.1, 0.15) is 5.75 Å². The zero-order chi connectivity index (χ0) is 19.9. The number of guanidine groups is 1. The molecule has 0 aromatic heterocycles. The van der Waals surface area contributed by atoms with E-state index in [0.717, 1.165) is 22.4 Å². The molecule has 3 aromatic carbocycles. The Morgan fingerprint density at radius 3 is 2.29 bits per heavy atom. The Labute approximate surface area is 165 Å². The standard InChI is InChI=1S/C22H25N3O3/c1-23-22(25-18-8-10-20(27-3)21(13-18)28-4)24-14-15-5-6-17-12-19(26-2)9-7-16(17)11-15/h5-13H,14H2,1-4H3,(H2,23,24,25). The van der Waals surface area contributed by atoms with Crippen LogP contribution in [0.5, 0.6) is 17.2 Å². The van der Waals surface area contributed by atoms with E-state index in [-0.39, 0.29) is 0 Å². The Morgan fingerprint density at radius 2 is 1.57 bits per heavy atom. The van der Waals surface area contributed by atoms with Crippen LogP contribution in [-0.4, -0.2) is 34.3 Å². The maximum Gasteiger partial charge on any atom is 0.195 e. The fraction of sp³-hybridized carbons (Fsp3) is 0.227. The number of rotatable bonds is 6. The van der Waals surface area contributed by atoms with Gasteiger partial charge in [-0.05, 0) is 46.7 Å². The maximum absolute atomic E-state index is 5.34. The lowest BCUT2D eigenvalue weighted by molar-refractivity contribution is 0.355. The van der Waals surface area contributed by atoms with Crippen LogP contribution in [0.25, 0.3) is 10.8 Å². The summed E-state index contributed by atoms with van der Waals surface area (Å²) < 4.78 is 15.9. The number of benzene rings is 3. The van der Waals surface area contributed by atoms with Crippen LogP contribution in [0.2, 0.25) is 0 Å². The van der Waals surface area contributed by atoms with Crippen LogP contribution in [0.3, 0.4) is 0 Å². The van der Waals surface area contributed by atoms with Crippen molar-refractivity contribution < 1.29 is 14.2 Å². The fourth-order valence-corrected chi connectivity index (χ4v) is 2.93. The third kappa shape index (κ3) is 4.46. The van der Waals surface area contributed by atoms with E-state index < -0.39 is 0 Å². The van der Waals surface area contributed by atoms with Gasteiger partial charge in [-0.15, -0.1) is 0 Å². The summed E-state index contributed by atoms with van der Waals surface area (Å²) in [5.41, 5.74) is 2.02. The van der Waals surface area contributed by atoms with Crippen molar-refractivity contribution in [3.63, 3.8) is 0 Å². The highest BCUT2D eigenvalue weighted by Gasteiger charge is 2.06. The normalized spacial score (nSPS) is 11.2. The van der Waals surface area contributed by atoms with Gasteiger partial charge < -0.3 is 24.8 Å². The first kappa shape index (κ1) is 19.4. The summed E-state index contributed by atoms with van der Waals surface area (Å²) in [5.74, 6) is 2.87. The second kappa shape index (κ2) is 8.99. The van der Waals surface area contributed by atoms with E-state index in [0.29, 0.717) is 24.0 Å². The smallest absolute Gasteiger partial charge is 0.195 e. The summed E-state index contributed by atoms with van der Waals surface area (Å²) in [4.78, 5) is 4.29. The van der Waals surface area contributed by atoms with Gasteiger partial charge in [0.25, 0.3) is 0 Å². The number of nitrogens with one attached hydrogen (secondary N) is 2. The first-order valence-corrected chi connectivity index (χ1v) is 8.93. The van der Waals surface area contributed by atoms with Gasteiger partial charge in [-0.1, -0.05) is 18.2 Å². The summed E-state index contributed by atoms with van der Waals surface area (Å²) in [6.45, 7) is 0.648. The van der Waals surface area contributed by atoms with Crippen molar-refractivity contribution >= 4 is 22.4 Å². The molecule has 0 fully saturated rings. The van der Waals surface area contributed by atoms with Gasteiger partial charge in [-0.3, -0.25) is 4.99 Å². The lowest BCUT2D eigenvalue weighted by Crippen LogP contribution is -2.30. The largest absolute Gasteiger partial charge is 0.497 e. The molecule has 0 aliphatic heterocycles. The van der Waals surface area contributed by atoms with Crippen molar-refractivity contribution in [2.24, 2.45) is 4.99 Å². The molecule has 2 N–H and O–H groups in total. The molecule has 0 aliphatic carbocycles. The number of methoxy groups -OCH3 is 3. The topological polar surface area (TPSA) is 64.1 Å². The molecule has 0 radical (unpaired) electrons. The molecule has 0 saturated heterocycles. The van der Waals surface area contributed by atoms with Gasteiger partial charge in [0.15, 0.2) is 17.5 Å². The highest BCUT2D eigenvalue weighted by Crippen LogP contribution is 2.29. The van der Waals surface area contributed by atoms with E-state index in [1.165, 1.54) is 5.39 Å². The Balaban J connectivity index is 1.68. The van der Waals surface area contributed by atoms with Gasteiger partial charge in [0, 0.05) is 25.3 Å². The number of hydrogen-bond donors (Lipinski definition) is 2. The molecule has 0 unspecified atom stereocenters. The van der Waals surface area contributed by atoms with E-state index in [1.54, 1.807) is 28.4 Å². The van der Waals surface area contributed by atoms with E-state index in [2.05, 4.69) is 39.9 Å². The Morgan fingerprint density at radius 1 is 0.821 bits per heavy atom. The zero-order valence-electron chi connectivity index (χ0n) is 16.6. The molecule has 0 heterocycles. The van der Waals surface area contributed by atoms with Crippen molar-refractivity contribution in [2.75, 3.05) is 33.7 Å². The molecule has 0 amide bonds. The van der Waals surface area contributed by atoms with Crippen molar-refractivity contribution in [1.29, 1.82) is 0 Å². The van der Waals surface area contributed by atoms with Crippen LogP contribution in [0, 0.1) is 0 Å². The van der Waals surface area contributed by atoms with E-state index in [1.807, 2.05) is 30.3 Å². The monoisotopic (exact) mass is 379 g/mol. The molecule has 3 rings (SSSR count). The first-order chi connectivity index (χ1) is 13.7. The highest BCUT2D eigenvalue weighted by molar-refractivity contribution is 5.94. The third-order valence-electron chi connectivity index (χ3n) is 4.44. The average Bonchev–Trinajstić information content (AvgIpc) is 2.75. The summed E-state index contributed by atoms with van der Waals surface area (Å²) in [5, 5.41) is 8.91. The highest BCUT2D eigenvalue weighted by atomic mass is 16.5. The molecule has 6 nitrogen and oxygen atoms in total. The van der Waals surface area contributed by atoms with E-state index >= 15 is 0 Å². The molecular formula is C22H25N3O3. The van der Waals surface area contributed by atoms with Gasteiger partial charge in [0.05, 0.1) is 21.3 Å². The molecule has 0 aliphatic rings. The number of hydrogen-bond acceptors (Lipinski definition) is 4. The van der Waals surface area contributed by atoms with Crippen LogP contribution >= 0.6 is 0 Å². The third-order valence-corrected chi connectivity index (χ3v) is 4.44. The molecule has 28 heavy (non-hydrogen) atoms. The molecule has 3 aromatic rings. The van der Waals surface area contributed by atoms with Gasteiger partial charge in [0.2, 0.25) is 0 Å². The van der Waals surface area contributed by atoms with Crippen LogP contribution in [0.1, 0.15) is 5.56 Å². The van der Waals surface area contributed by atoms with Crippen LogP contribution in [0.4, 0.5) is 5.69 Å². The molecule has 6 heteroatoms. The second-order valence-corrected chi connectivity index (χ2v) is 6.17. The van der Waals surface area contributed by atoms with Gasteiger partial charge in [-0.2, -0.15) is 0 Å². The first-order valence-electron chi connectivity index (χ1n) is 8.93. The SMILES string of the molecule is CN=C(NCc1ccc2cc(OC)ccc2c1)Nc1ccc(OC)c(OC)c1. The molecule has 0 saturated carbocycles. The summed E-state index contributed by atoms with van der Waals surface area (Å²) in [6.07, 6.45) is 0. The Bertz CT molecular complexity index is 986. The number of aliphatic imine (C=N–C) groups is 1. The van der Waals surface area contributed by atoms with Crippen LogP contribution in [-0.2, 0) is 6.54 Å². The van der Waals surface area contributed by atoms with Crippen molar-refractivity contribution in [3.05, 3.63) is 60.2 Å². The second-order valence-electron chi connectivity index (χ2n) is 6.17. The number of fused-ring (bicyclic) bond motifs is 1. The minimum absolute atomic E-state index is 0.648. The van der Waals surface area contributed by atoms with Gasteiger partial charge >= 0.3 is 0 Å². The van der Waals surface area contributed by atoms with E-state index in [9.17, 15) is 0 Å². The average molecular weight is 379 g/mol. The fourth-order valence-electron chi connectivity index (χ4n) is 2.93. The lowest BCUT2D eigenvalue weighted by Gasteiger charge is -2.14. The van der Waals surface area contributed by atoms with Gasteiger partial charge in [-0.25, -0.2) is 0 Å². The molecular weight excluding hydrogens is 354 g/mol. The van der Waals surface area contributed by atoms with Crippen molar-refractivity contribution in [3.8, 4) is 17.2 Å². The predicted octanol–water partition coefficient (Wildman–Crippen LogP) is 4.05. The summed E-state index contributed by atoms with van der Waals surface area (Å²) >= 11 is 0. The minimum atomic E-state index is 0.648. The Hall–Kier alpha value is -3.41. The van der Waals surface area contributed by atoms with Crippen molar-refractivity contribution in [1.82, 2.24) is 5.32 Å².